The van der Waals surface area contributed by atoms with Crippen molar-refractivity contribution in [1.29, 1.82) is 0 Å². The van der Waals surface area contributed by atoms with Gasteiger partial charge in [0.2, 0.25) is 5.88 Å². The van der Waals surface area contributed by atoms with Crippen LogP contribution in [0.2, 0.25) is 0 Å². The number of benzene rings is 2. The van der Waals surface area contributed by atoms with Crippen molar-refractivity contribution in [2.75, 3.05) is 25.5 Å². The SMILES string of the molecule is CCc1ncnc(-c2cccnc2Oc2ccc(F)c(C(=O)Nc3cc(C4CCN(C)CC4)cc(C(F)(F)F)c3)c2)n1. The summed E-state index contributed by atoms with van der Waals surface area (Å²) in [6.07, 6.45) is 0.236. The molecule has 0 aliphatic carbocycles. The Labute approximate surface area is 239 Å². The molecular formula is C30H28F4N6O2. The minimum atomic E-state index is -4.61. The molecule has 8 nitrogen and oxygen atoms in total. The van der Waals surface area contributed by atoms with Crippen LogP contribution in [-0.2, 0) is 12.6 Å². The normalized spacial score (nSPS) is 14.5. The largest absolute Gasteiger partial charge is 0.438 e. The van der Waals surface area contributed by atoms with E-state index in [9.17, 15) is 22.4 Å². The fraction of sp³-hybridized carbons (Fsp3) is 0.300. The number of hydrogen-bond donors (Lipinski definition) is 1. The van der Waals surface area contributed by atoms with Gasteiger partial charge in [0.25, 0.3) is 5.91 Å². The molecule has 0 bridgehead atoms. The van der Waals surface area contributed by atoms with E-state index in [1.54, 1.807) is 12.1 Å². The summed E-state index contributed by atoms with van der Waals surface area (Å²) in [6, 6.07) is 10.4. The molecule has 1 amide bonds. The summed E-state index contributed by atoms with van der Waals surface area (Å²) in [6.45, 7) is 3.41. The van der Waals surface area contributed by atoms with Gasteiger partial charge in [-0.2, -0.15) is 13.2 Å². The van der Waals surface area contributed by atoms with E-state index in [2.05, 4.69) is 30.2 Å². The zero-order valence-corrected chi connectivity index (χ0v) is 23.0. The van der Waals surface area contributed by atoms with Gasteiger partial charge in [-0.15, -0.1) is 0 Å². The van der Waals surface area contributed by atoms with E-state index in [0.717, 1.165) is 31.3 Å². The topological polar surface area (TPSA) is 93.1 Å². The molecule has 5 rings (SSSR count). The smallest absolute Gasteiger partial charge is 0.416 e. The Hall–Kier alpha value is -4.45. The highest BCUT2D eigenvalue weighted by Crippen LogP contribution is 2.37. The summed E-state index contributed by atoms with van der Waals surface area (Å²) in [5.74, 6) is -0.768. The van der Waals surface area contributed by atoms with E-state index in [1.807, 2.05) is 14.0 Å². The number of aryl methyl sites for hydroxylation is 1. The van der Waals surface area contributed by atoms with Crippen LogP contribution in [0.25, 0.3) is 11.4 Å². The first-order valence-electron chi connectivity index (χ1n) is 13.4. The lowest BCUT2D eigenvalue weighted by Crippen LogP contribution is -2.29. The van der Waals surface area contributed by atoms with Crippen molar-refractivity contribution in [1.82, 2.24) is 24.8 Å². The van der Waals surface area contributed by atoms with Crippen LogP contribution in [0.1, 0.15) is 53.0 Å². The minimum absolute atomic E-state index is 0.0666. The van der Waals surface area contributed by atoms with E-state index < -0.39 is 29.0 Å². The Morgan fingerprint density at radius 3 is 2.60 bits per heavy atom. The molecule has 1 N–H and O–H groups in total. The number of likely N-dealkylation sites (tertiary alicyclic amines) is 1. The molecule has 0 atom stereocenters. The number of hydrogen-bond acceptors (Lipinski definition) is 7. The maximum atomic E-state index is 14.8. The number of anilines is 1. The molecule has 0 spiro atoms. The number of alkyl halides is 3. The van der Waals surface area contributed by atoms with Gasteiger partial charge in [0.05, 0.1) is 16.7 Å². The molecule has 218 valence electrons. The second kappa shape index (κ2) is 12.2. The second-order valence-electron chi connectivity index (χ2n) is 10.1. The molecule has 1 fully saturated rings. The van der Waals surface area contributed by atoms with Gasteiger partial charge in [-0.05, 0) is 93.0 Å². The Morgan fingerprint density at radius 1 is 1.07 bits per heavy atom. The highest BCUT2D eigenvalue weighted by atomic mass is 19.4. The maximum absolute atomic E-state index is 14.8. The van der Waals surface area contributed by atoms with Crippen molar-refractivity contribution in [3.05, 3.63) is 89.4 Å². The number of aromatic nitrogens is 4. The first-order valence-corrected chi connectivity index (χ1v) is 13.4. The van der Waals surface area contributed by atoms with Crippen molar-refractivity contribution < 1.29 is 27.1 Å². The minimum Gasteiger partial charge on any atom is -0.438 e. The Bertz CT molecular complexity index is 1590. The molecular weight excluding hydrogens is 552 g/mol. The summed E-state index contributed by atoms with van der Waals surface area (Å²) in [5.41, 5.74) is -0.410. The van der Waals surface area contributed by atoms with E-state index >= 15 is 0 Å². The van der Waals surface area contributed by atoms with Crippen LogP contribution < -0.4 is 10.1 Å². The average molecular weight is 581 g/mol. The molecule has 1 aliphatic heterocycles. The number of amides is 1. The van der Waals surface area contributed by atoms with Crippen LogP contribution in [-0.4, -0.2) is 50.9 Å². The van der Waals surface area contributed by atoms with Gasteiger partial charge in [-0.25, -0.2) is 24.3 Å². The molecule has 2 aromatic carbocycles. The van der Waals surface area contributed by atoms with Crippen LogP contribution in [0.3, 0.4) is 0 Å². The summed E-state index contributed by atoms with van der Waals surface area (Å²) in [4.78, 5) is 32.2. The molecule has 0 radical (unpaired) electrons. The molecule has 12 heteroatoms. The third kappa shape index (κ3) is 6.71. The second-order valence-corrected chi connectivity index (χ2v) is 10.1. The molecule has 0 saturated carbocycles. The van der Waals surface area contributed by atoms with Gasteiger partial charge in [-0.3, -0.25) is 4.79 Å². The van der Waals surface area contributed by atoms with Crippen LogP contribution in [0.15, 0.2) is 61.1 Å². The van der Waals surface area contributed by atoms with Crippen molar-refractivity contribution >= 4 is 11.6 Å². The lowest BCUT2D eigenvalue weighted by atomic mass is 9.88. The monoisotopic (exact) mass is 580 g/mol. The molecule has 42 heavy (non-hydrogen) atoms. The van der Waals surface area contributed by atoms with E-state index in [1.165, 1.54) is 30.7 Å². The van der Waals surface area contributed by atoms with Crippen LogP contribution in [0.4, 0.5) is 23.2 Å². The van der Waals surface area contributed by atoms with E-state index in [4.69, 9.17) is 4.74 Å². The third-order valence-electron chi connectivity index (χ3n) is 7.08. The van der Waals surface area contributed by atoms with Gasteiger partial charge in [-0.1, -0.05) is 6.92 Å². The molecule has 4 aromatic rings. The van der Waals surface area contributed by atoms with E-state index in [-0.39, 0.29) is 23.2 Å². The van der Waals surface area contributed by atoms with Crippen molar-refractivity contribution in [3.8, 4) is 23.0 Å². The third-order valence-corrected chi connectivity index (χ3v) is 7.08. The summed E-state index contributed by atoms with van der Waals surface area (Å²) >= 11 is 0. The standard InChI is InChI=1S/C30H28F4N6O2/c1-3-26-36-17-37-27(39-26)23-5-4-10-35-29(23)42-22-6-7-25(31)24(16-22)28(41)38-21-14-19(13-20(15-21)30(32,33)34)18-8-11-40(2)12-9-18/h4-7,10,13-18H,3,8-9,11-12H2,1-2H3,(H,38,41). The first-order chi connectivity index (χ1) is 20.1. The van der Waals surface area contributed by atoms with Crippen molar-refractivity contribution in [2.45, 2.75) is 38.3 Å². The number of nitrogens with one attached hydrogen (secondary N) is 1. The predicted molar refractivity (Wildman–Crippen MR) is 148 cm³/mol. The van der Waals surface area contributed by atoms with Crippen LogP contribution in [0.5, 0.6) is 11.6 Å². The van der Waals surface area contributed by atoms with Crippen molar-refractivity contribution in [3.63, 3.8) is 0 Å². The number of ether oxygens (including phenoxy) is 1. The lowest BCUT2D eigenvalue weighted by Gasteiger charge is -2.29. The molecule has 1 aliphatic rings. The van der Waals surface area contributed by atoms with Crippen molar-refractivity contribution in [2.24, 2.45) is 0 Å². The first kappa shape index (κ1) is 29.1. The average Bonchev–Trinajstić information content (AvgIpc) is 2.98. The predicted octanol–water partition coefficient (Wildman–Crippen LogP) is 6.51. The summed E-state index contributed by atoms with van der Waals surface area (Å²) in [5, 5.41) is 2.45. The molecule has 1 saturated heterocycles. The Morgan fingerprint density at radius 2 is 1.86 bits per heavy atom. The highest BCUT2D eigenvalue weighted by molar-refractivity contribution is 6.04. The number of rotatable bonds is 7. The van der Waals surface area contributed by atoms with Gasteiger partial charge >= 0.3 is 6.18 Å². The molecule has 0 unspecified atom stereocenters. The number of carbonyl (C=O) groups is 1. The Kier molecular flexibility index (Phi) is 8.44. The summed E-state index contributed by atoms with van der Waals surface area (Å²) < 4.78 is 61.9. The van der Waals surface area contributed by atoms with Crippen LogP contribution >= 0.6 is 0 Å². The van der Waals surface area contributed by atoms with Gasteiger partial charge in [0.15, 0.2) is 5.82 Å². The Balaban J connectivity index is 1.41. The lowest BCUT2D eigenvalue weighted by molar-refractivity contribution is -0.137. The maximum Gasteiger partial charge on any atom is 0.416 e. The van der Waals surface area contributed by atoms with Crippen LogP contribution in [0, 0.1) is 5.82 Å². The fourth-order valence-electron chi connectivity index (χ4n) is 4.79. The zero-order valence-electron chi connectivity index (χ0n) is 23.0. The van der Waals surface area contributed by atoms with Gasteiger partial charge < -0.3 is 15.0 Å². The zero-order chi connectivity index (χ0) is 29.9. The number of pyridine rings is 1. The number of halogens is 4. The highest BCUT2D eigenvalue weighted by Gasteiger charge is 2.32. The van der Waals surface area contributed by atoms with Gasteiger partial charge in [0, 0.05) is 18.3 Å². The molecule has 2 aromatic heterocycles. The quantitative estimate of drug-likeness (QED) is 0.249. The molecule has 3 heterocycles. The number of carbonyl (C=O) groups excluding carboxylic acids is 1. The summed E-state index contributed by atoms with van der Waals surface area (Å²) in [7, 11) is 1.96. The number of piperidine rings is 1. The van der Waals surface area contributed by atoms with Gasteiger partial charge in [0.1, 0.15) is 23.7 Å². The van der Waals surface area contributed by atoms with E-state index in [0.29, 0.717) is 42.0 Å². The number of nitrogens with zero attached hydrogens (tertiary/aromatic N) is 5. The fourth-order valence-corrected chi connectivity index (χ4v) is 4.79.